The number of nitrogens with zero attached hydrogens (tertiary/aromatic N) is 4. The number of nitriles is 1. The second-order valence-corrected chi connectivity index (χ2v) is 7.38. The van der Waals surface area contributed by atoms with Crippen LogP contribution in [0.5, 0.6) is 0 Å². The van der Waals surface area contributed by atoms with E-state index in [1.807, 2.05) is 43.3 Å². The number of benzene rings is 3. The lowest BCUT2D eigenvalue weighted by atomic mass is 10.0. The molecule has 0 saturated carbocycles. The summed E-state index contributed by atoms with van der Waals surface area (Å²) in [6.45, 7) is 1.98. The predicted octanol–water partition coefficient (Wildman–Crippen LogP) is 4.64. The Morgan fingerprint density at radius 3 is 2.44 bits per heavy atom. The van der Waals surface area contributed by atoms with Crippen LogP contribution in [-0.4, -0.2) is 21.1 Å². The summed E-state index contributed by atoms with van der Waals surface area (Å²) in [4.78, 5) is 30.1. The third-order valence-electron chi connectivity index (χ3n) is 5.06. The molecule has 9 heteroatoms. The van der Waals surface area contributed by atoms with Crippen molar-refractivity contribution in [3.63, 3.8) is 0 Å². The van der Waals surface area contributed by atoms with Gasteiger partial charge in [0.15, 0.2) is 0 Å². The summed E-state index contributed by atoms with van der Waals surface area (Å²) >= 11 is 0. The molecule has 1 heterocycles. The van der Waals surface area contributed by atoms with Crippen molar-refractivity contribution in [3.8, 4) is 28.5 Å². The zero-order valence-corrected chi connectivity index (χ0v) is 18.0. The van der Waals surface area contributed by atoms with Crippen molar-refractivity contribution in [2.45, 2.75) is 6.92 Å². The van der Waals surface area contributed by atoms with Gasteiger partial charge in [0.05, 0.1) is 22.4 Å². The number of anilines is 1. The van der Waals surface area contributed by atoms with Gasteiger partial charge < -0.3 is 0 Å². The largest absolute Gasteiger partial charge is 0.290 e. The van der Waals surface area contributed by atoms with E-state index in [0.717, 1.165) is 16.7 Å². The molecular formula is C25H18N6O3. The lowest BCUT2D eigenvalue weighted by molar-refractivity contribution is -0.385. The number of nitrogens with one attached hydrogen (secondary N) is 2. The third kappa shape index (κ3) is 4.71. The van der Waals surface area contributed by atoms with Crippen molar-refractivity contribution in [1.82, 2.24) is 9.97 Å². The summed E-state index contributed by atoms with van der Waals surface area (Å²) in [5.41, 5.74) is 5.62. The molecule has 0 aliphatic heterocycles. The van der Waals surface area contributed by atoms with Crippen LogP contribution < -0.4 is 11.0 Å². The van der Waals surface area contributed by atoms with Crippen molar-refractivity contribution in [2.24, 2.45) is 5.10 Å². The van der Waals surface area contributed by atoms with Gasteiger partial charge in [0.25, 0.3) is 11.2 Å². The van der Waals surface area contributed by atoms with Crippen LogP contribution in [0.1, 0.15) is 16.7 Å². The number of nitro groups is 1. The maximum absolute atomic E-state index is 12.4. The first-order valence-electron chi connectivity index (χ1n) is 10.2. The smallest absolute Gasteiger partial charge is 0.278 e. The fourth-order valence-electron chi connectivity index (χ4n) is 3.35. The lowest BCUT2D eigenvalue weighted by Crippen LogP contribution is -2.16. The fraction of sp³-hybridized carbons (Fsp3) is 0.0400. The molecule has 0 radical (unpaired) electrons. The standard InChI is InChI=1S/C25H18N6O3/c1-16-7-9-17(10-8-16)19-11-12-22(31(33)34)20(13-19)15-27-30-25-28-23(18-5-3-2-4-6-18)21(14-26)24(32)29-25/h2-13,15H,1H3,(H2,28,29,30,32). The molecule has 1 aromatic heterocycles. The van der Waals surface area contributed by atoms with Crippen molar-refractivity contribution in [3.05, 3.63) is 110 Å². The van der Waals surface area contributed by atoms with Crippen LogP contribution in [0.3, 0.4) is 0 Å². The highest BCUT2D eigenvalue weighted by molar-refractivity contribution is 5.88. The van der Waals surface area contributed by atoms with Gasteiger partial charge in [-0.3, -0.25) is 19.9 Å². The lowest BCUT2D eigenvalue weighted by Gasteiger charge is -2.06. The molecule has 34 heavy (non-hydrogen) atoms. The number of rotatable bonds is 6. The maximum atomic E-state index is 12.4. The molecule has 166 valence electrons. The quantitative estimate of drug-likeness (QED) is 0.249. The SMILES string of the molecule is Cc1ccc(-c2ccc([N+](=O)[O-])c(C=NNc3nc(-c4ccccc4)c(C#N)c(=O)[nH]3)c2)cc1. The first-order valence-corrected chi connectivity index (χ1v) is 10.2. The average Bonchev–Trinajstić information content (AvgIpc) is 2.84. The maximum Gasteiger partial charge on any atom is 0.278 e. The number of aryl methyl sites for hydroxylation is 1. The van der Waals surface area contributed by atoms with Gasteiger partial charge in [0, 0.05) is 11.6 Å². The molecule has 0 amide bonds. The summed E-state index contributed by atoms with van der Waals surface area (Å²) < 4.78 is 0. The van der Waals surface area contributed by atoms with Crippen molar-refractivity contribution in [2.75, 3.05) is 5.43 Å². The number of nitro benzene ring substituents is 1. The molecule has 0 fully saturated rings. The van der Waals surface area contributed by atoms with E-state index in [2.05, 4.69) is 20.5 Å². The van der Waals surface area contributed by atoms with Gasteiger partial charge >= 0.3 is 0 Å². The highest BCUT2D eigenvalue weighted by Gasteiger charge is 2.15. The van der Waals surface area contributed by atoms with Crippen molar-refractivity contribution < 1.29 is 4.92 Å². The highest BCUT2D eigenvalue weighted by atomic mass is 16.6. The Kier molecular flexibility index (Phi) is 6.23. The number of aromatic nitrogens is 2. The van der Waals surface area contributed by atoms with E-state index in [4.69, 9.17) is 0 Å². The highest BCUT2D eigenvalue weighted by Crippen LogP contribution is 2.26. The zero-order valence-electron chi connectivity index (χ0n) is 18.0. The molecule has 0 saturated heterocycles. The van der Waals surface area contributed by atoms with Gasteiger partial charge in [0.2, 0.25) is 5.95 Å². The Labute approximate surface area is 194 Å². The van der Waals surface area contributed by atoms with Crippen LogP contribution in [0.2, 0.25) is 0 Å². The summed E-state index contributed by atoms with van der Waals surface area (Å²) in [6.07, 6.45) is 1.29. The normalized spacial score (nSPS) is 10.7. The number of hydrogen-bond donors (Lipinski definition) is 2. The van der Waals surface area contributed by atoms with E-state index in [1.54, 1.807) is 36.4 Å². The number of H-pyrrole nitrogens is 1. The first kappa shape index (κ1) is 22.1. The van der Waals surface area contributed by atoms with E-state index in [-0.39, 0.29) is 28.5 Å². The van der Waals surface area contributed by atoms with E-state index in [1.165, 1.54) is 12.3 Å². The van der Waals surface area contributed by atoms with Crippen LogP contribution in [0.4, 0.5) is 11.6 Å². The summed E-state index contributed by atoms with van der Waals surface area (Å²) in [5, 5.41) is 24.9. The van der Waals surface area contributed by atoms with E-state index < -0.39 is 10.5 Å². The van der Waals surface area contributed by atoms with Crippen LogP contribution >= 0.6 is 0 Å². The van der Waals surface area contributed by atoms with E-state index in [0.29, 0.717) is 5.56 Å². The van der Waals surface area contributed by atoms with Crippen molar-refractivity contribution in [1.29, 1.82) is 5.26 Å². The molecule has 0 bridgehead atoms. The Morgan fingerprint density at radius 1 is 1.06 bits per heavy atom. The summed E-state index contributed by atoms with van der Waals surface area (Å²) in [6, 6.07) is 23.2. The predicted molar refractivity (Wildman–Crippen MR) is 129 cm³/mol. The topological polar surface area (TPSA) is 137 Å². The molecule has 3 aromatic carbocycles. The van der Waals surface area contributed by atoms with Gasteiger partial charge in [-0.05, 0) is 30.2 Å². The van der Waals surface area contributed by atoms with Crippen LogP contribution in [0.25, 0.3) is 22.4 Å². The minimum atomic E-state index is -0.624. The molecule has 2 N–H and O–H groups in total. The van der Waals surface area contributed by atoms with E-state index in [9.17, 15) is 20.2 Å². The molecule has 0 aliphatic rings. The van der Waals surface area contributed by atoms with Gasteiger partial charge in [-0.25, -0.2) is 10.4 Å². The molecule has 4 aromatic rings. The van der Waals surface area contributed by atoms with Gasteiger partial charge in [0.1, 0.15) is 11.6 Å². The Morgan fingerprint density at radius 2 is 1.76 bits per heavy atom. The molecule has 9 nitrogen and oxygen atoms in total. The average molecular weight is 450 g/mol. The Bertz CT molecular complexity index is 1490. The second kappa shape index (κ2) is 9.58. The van der Waals surface area contributed by atoms with Crippen LogP contribution in [-0.2, 0) is 0 Å². The second-order valence-electron chi connectivity index (χ2n) is 7.38. The number of aromatic amines is 1. The molecule has 0 unspecified atom stereocenters. The first-order chi connectivity index (χ1) is 16.5. The van der Waals surface area contributed by atoms with Crippen molar-refractivity contribution >= 4 is 17.9 Å². The monoisotopic (exact) mass is 450 g/mol. The summed E-state index contributed by atoms with van der Waals surface area (Å²) in [5.74, 6) is -0.00329. The van der Waals surface area contributed by atoms with Gasteiger partial charge in [-0.2, -0.15) is 10.4 Å². The van der Waals surface area contributed by atoms with Crippen LogP contribution in [0.15, 0.2) is 82.7 Å². The van der Waals surface area contributed by atoms with Gasteiger partial charge in [-0.1, -0.05) is 60.2 Å². The summed E-state index contributed by atoms with van der Waals surface area (Å²) in [7, 11) is 0. The Hall–Kier alpha value is -5.10. The molecule has 0 aliphatic carbocycles. The fourth-order valence-corrected chi connectivity index (χ4v) is 3.35. The molecular weight excluding hydrogens is 432 g/mol. The molecule has 0 spiro atoms. The number of hydrogen-bond acceptors (Lipinski definition) is 7. The van der Waals surface area contributed by atoms with Crippen LogP contribution in [0, 0.1) is 28.4 Å². The minimum absolute atomic E-state index is 0.00329. The van der Waals surface area contributed by atoms with Gasteiger partial charge in [-0.15, -0.1) is 0 Å². The number of hydrazone groups is 1. The minimum Gasteiger partial charge on any atom is -0.290 e. The zero-order chi connectivity index (χ0) is 24.1. The molecule has 0 atom stereocenters. The third-order valence-corrected chi connectivity index (χ3v) is 5.06. The van der Waals surface area contributed by atoms with E-state index >= 15 is 0 Å². The Balaban J connectivity index is 1.67. The molecule has 4 rings (SSSR count).